The second-order valence-corrected chi connectivity index (χ2v) is 16.0. The summed E-state index contributed by atoms with van der Waals surface area (Å²) in [7, 11) is 0. The number of pyridine rings is 1. The van der Waals surface area contributed by atoms with Gasteiger partial charge in [0.2, 0.25) is 0 Å². The van der Waals surface area contributed by atoms with Crippen LogP contribution in [-0.4, -0.2) is 9.55 Å². The van der Waals surface area contributed by atoms with Gasteiger partial charge in [0.05, 0.1) is 5.69 Å². The predicted octanol–water partition coefficient (Wildman–Crippen LogP) is 14.5. The summed E-state index contributed by atoms with van der Waals surface area (Å²) < 4.78 is 93.2. The third kappa shape index (κ3) is 7.24. The van der Waals surface area contributed by atoms with E-state index in [4.69, 9.17) is 13.0 Å². The number of rotatable bonds is 7. The number of nitrogens with zero attached hydrogens (tertiary/aromatic N) is 4. The number of fused-ring (bicyclic) bond motifs is 4. The molecule has 0 aliphatic carbocycles. The minimum absolute atomic E-state index is 0. The number of halogens is 2. The van der Waals surface area contributed by atoms with Crippen LogP contribution in [0.2, 0.25) is 0 Å². The molecule has 0 amide bonds. The van der Waals surface area contributed by atoms with Gasteiger partial charge in [0.25, 0.3) is 0 Å². The number of anilines is 4. The summed E-state index contributed by atoms with van der Waals surface area (Å²) >= 11 is 0. The second-order valence-electron chi connectivity index (χ2n) is 16.0. The van der Waals surface area contributed by atoms with Gasteiger partial charge in [-0.05, 0) is 100 Å². The zero-order chi connectivity index (χ0) is 47.0. The van der Waals surface area contributed by atoms with Gasteiger partial charge in [0.1, 0.15) is 17.5 Å². The number of para-hydroxylation sites is 2. The molecule has 0 spiro atoms. The van der Waals surface area contributed by atoms with Gasteiger partial charge in [-0.2, -0.15) is 6.07 Å². The van der Waals surface area contributed by atoms with Gasteiger partial charge in [-0.25, -0.2) is 13.8 Å². The predicted molar refractivity (Wildman–Crippen MR) is 243 cm³/mol. The van der Waals surface area contributed by atoms with Crippen LogP contribution < -0.4 is 14.5 Å². The zero-order valence-electron chi connectivity index (χ0n) is 39.8. The fourth-order valence-corrected chi connectivity index (χ4v) is 8.10. The first kappa shape index (κ1) is 34.1. The van der Waals surface area contributed by atoms with Crippen molar-refractivity contribution in [2.75, 3.05) is 9.80 Å². The maximum atomic E-state index is 15.8. The quantitative estimate of drug-likeness (QED) is 0.149. The normalized spacial score (nSPS) is 14.3. The molecule has 1 aliphatic heterocycles. The van der Waals surface area contributed by atoms with Gasteiger partial charge in [-0.3, -0.25) is 0 Å². The Bertz CT molecular complexity index is 3320. The Balaban J connectivity index is 0.00000578. The first-order valence-electron chi connectivity index (χ1n) is 22.8. The maximum Gasteiger partial charge on any atom is 0.147 e. The Hall–Kier alpha value is -6.56. The molecule has 0 fully saturated rings. The Morgan fingerprint density at radius 1 is 0.645 bits per heavy atom. The molecular formula is C54H41F2N4OPt-3. The van der Waals surface area contributed by atoms with Gasteiger partial charge in [-0.15, -0.1) is 53.6 Å². The number of hydrogen-bond acceptors (Lipinski definition) is 4. The summed E-state index contributed by atoms with van der Waals surface area (Å²) in [5.74, 6) is -0.553. The van der Waals surface area contributed by atoms with Crippen LogP contribution in [-0.2, 0) is 26.5 Å². The molecule has 7 aromatic carbocycles. The van der Waals surface area contributed by atoms with Crippen molar-refractivity contribution < 1.29 is 42.8 Å². The summed E-state index contributed by atoms with van der Waals surface area (Å²) in [6.45, 7) is 2.09. The monoisotopic (exact) mass is 1000 g/mol. The van der Waals surface area contributed by atoms with E-state index in [0.717, 1.165) is 21.9 Å². The van der Waals surface area contributed by atoms with Crippen LogP contribution in [0, 0.1) is 44.1 Å². The van der Waals surface area contributed by atoms with E-state index in [2.05, 4.69) is 17.1 Å². The molecular weight excluding hydrogens is 954 g/mol. The molecule has 0 saturated heterocycles. The summed E-state index contributed by atoms with van der Waals surface area (Å²) in [4.78, 5) is 7.75. The SMILES string of the molecule is [2H]C([2H])([2H])c1cc(-c2ccccc2)cc(C([2H])([2H])[2H])c1-c1cc(Oc2[c-]c3c(cc2)c2ccccc2n3-c2ccccn2)[c-]c(N2[CH-]N(c3c(F)cccc3F)c3cc(C(C)(C)C)ccc32)c1.[Pt]. The van der Waals surface area contributed by atoms with Gasteiger partial charge in [0, 0.05) is 63.9 Å². The van der Waals surface area contributed by atoms with Gasteiger partial charge < -0.3 is 19.1 Å². The van der Waals surface area contributed by atoms with Crippen molar-refractivity contribution in [3.8, 4) is 39.6 Å². The molecule has 10 rings (SSSR count). The van der Waals surface area contributed by atoms with Crippen LogP contribution in [0.4, 0.5) is 31.5 Å². The number of aryl methyl sites for hydroxylation is 2. The van der Waals surface area contributed by atoms with Gasteiger partial charge >= 0.3 is 0 Å². The molecule has 9 aromatic rings. The van der Waals surface area contributed by atoms with E-state index < -0.39 is 25.3 Å². The first-order chi connectivity index (χ1) is 31.9. The summed E-state index contributed by atoms with van der Waals surface area (Å²) in [6, 6.07) is 48.6. The van der Waals surface area contributed by atoms with E-state index in [1.165, 1.54) is 41.9 Å². The Kier molecular flexibility index (Phi) is 8.82. The molecule has 5 nitrogen and oxygen atoms in total. The summed E-state index contributed by atoms with van der Waals surface area (Å²) in [5.41, 5.74) is 3.96. The van der Waals surface area contributed by atoms with Gasteiger partial charge in [0.15, 0.2) is 0 Å². The fraction of sp³-hybridized carbons (Fsp3) is 0.111. The number of hydrogen-bond donors (Lipinski definition) is 0. The van der Waals surface area contributed by atoms with Crippen LogP contribution in [0.15, 0.2) is 152 Å². The third-order valence-corrected chi connectivity index (χ3v) is 11.0. The zero-order valence-corrected chi connectivity index (χ0v) is 36.1. The van der Waals surface area contributed by atoms with Crippen molar-refractivity contribution in [2.45, 2.75) is 39.9 Å². The Labute approximate surface area is 383 Å². The molecule has 0 bridgehead atoms. The van der Waals surface area contributed by atoms with Crippen molar-refractivity contribution in [2.24, 2.45) is 0 Å². The molecule has 62 heavy (non-hydrogen) atoms. The fourth-order valence-electron chi connectivity index (χ4n) is 8.10. The summed E-state index contributed by atoms with van der Waals surface area (Å²) in [6.07, 6.45) is 1.71. The second kappa shape index (κ2) is 16.0. The topological polar surface area (TPSA) is 33.5 Å². The molecule has 0 saturated carbocycles. The van der Waals surface area contributed by atoms with Crippen molar-refractivity contribution in [1.82, 2.24) is 9.55 Å². The molecule has 0 radical (unpaired) electrons. The third-order valence-electron chi connectivity index (χ3n) is 11.0. The van der Waals surface area contributed by atoms with Crippen molar-refractivity contribution in [1.29, 1.82) is 0 Å². The minimum atomic E-state index is -2.78. The van der Waals surface area contributed by atoms with E-state index in [0.29, 0.717) is 33.8 Å². The van der Waals surface area contributed by atoms with Crippen LogP contribution in [0.25, 0.3) is 49.9 Å². The smallest absolute Gasteiger partial charge is 0.147 e. The number of aromatic nitrogens is 2. The number of benzene rings is 7. The van der Waals surface area contributed by atoms with E-state index in [1.54, 1.807) is 53.6 Å². The first-order valence-corrected chi connectivity index (χ1v) is 19.8. The Morgan fingerprint density at radius 2 is 1.39 bits per heavy atom. The number of ether oxygens (including phenoxy) is 1. The Morgan fingerprint density at radius 3 is 2.11 bits per heavy atom. The molecule has 2 aromatic heterocycles. The van der Waals surface area contributed by atoms with Gasteiger partial charge in [-0.1, -0.05) is 105 Å². The molecule has 0 N–H and O–H groups in total. The van der Waals surface area contributed by atoms with Crippen LogP contribution in [0.5, 0.6) is 11.5 Å². The largest absolute Gasteiger partial charge is 0.509 e. The van der Waals surface area contributed by atoms with E-state index in [9.17, 15) is 0 Å². The van der Waals surface area contributed by atoms with Crippen LogP contribution in [0.3, 0.4) is 0 Å². The van der Waals surface area contributed by atoms with E-state index in [-0.39, 0.29) is 71.6 Å². The molecule has 0 unspecified atom stereocenters. The standard InChI is InChI=1S/C54H41F2N4O.Pt/c1-34-26-37(36-14-7-6-8-15-36)27-35(2)52(34)38-28-40(58-33-59(53-45(55)17-13-18-46(53)56)50-30-39(54(3,4)5)21-24-48(50)58)31-42(29-38)61-41-22-23-44-43-16-9-10-19-47(43)60(49(44)32-41)51-20-11-12-25-57-51;/h6-30,33H,1-5H3;/q-3;/i1D3,2D3;. The van der Waals surface area contributed by atoms with E-state index in [1.807, 2.05) is 98.1 Å². The average molecular weight is 1000 g/mol. The molecule has 8 heteroatoms. The average Bonchev–Trinajstić information content (AvgIpc) is 3.83. The van der Waals surface area contributed by atoms with Crippen LogP contribution in [0.1, 0.15) is 45.7 Å². The maximum absolute atomic E-state index is 15.8. The van der Waals surface area contributed by atoms with Crippen LogP contribution >= 0.6 is 0 Å². The molecule has 0 atom stereocenters. The molecule has 3 heterocycles. The van der Waals surface area contributed by atoms with Crippen molar-refractivity contribution in [3.05, 3.63) is 199 Å². The van der Waals surface area contributed by atoms with Crippen molar-refractivity contribution in [3.63, 3.8) is 0 Å². The molecule has 310 valence electrons. The van der Waals surface area contributed by atoms with Crippen molar-refractivity contribution >= 4 is 44.6 Å². The van der Waals surface area contributed by atoms with E-state index >= 15 is 8.78 Å². The molecule has 1 aliphatic rings. The summed E-state index contributed by atoms with van der Waals surface area (Å²) in [5, 5.41) is 1.87. The minimum Gasteiger partial charge on any atom is -0.509 e.